The van der Waals surface area contributed by atoms with Crippen molar-refractivity contribution in [1.29, 1.82) is 0 Å². The Kier molecular flexibility index (Phi) is 4.29. The molecule has 2 aliphatic heterocycles. The van der Waals surface area contributed by atoms with Gasteiger partial charge in [-0.1, -0.05) is 18.2 Å². The van der Waals surface area contributed by atoms with E-state index in [1.54, 1.807) is 30.3 Å². The predicted octanol–water partition coefficient (Wildman–Crippen LogP) is 1.06. The average Bonchev–Trinajstić information content (AvgIpc) is 3.04. The Morgan fingerprint density at radius 3 is 2.70 bits per heavy atom. The highest BCUT2D eigenvalue weighted by Gasteiger charge is 2.54. The van der Waals surface area contributed by atoms with Gasteiger partial charge in [-0.3, -0.25) is 9.59 Å². The van der Waals surface area contributed by atoms with Crippen molar-refractivity contribution in [3.05, 3.63) is 35.9 Å². The van der Waals surface area contributed by atoms with Gasteiger partial charge in [0.15, 0.2) is 6.10 Å². The van der Waals surface area contributed by atoms with Crippen LogP contribution in [0.25, 0.3) is 0 Å². The zero-order valence-electron chi connectivity index (χ0n) is 12.5. The fourth-order valence-corrected chi connectivity index (χ4v) is 2.78. The Bertz CT molecular complexity index is 612. The molecule has 1 aromatic carbocycles. The van der Waals surface area contributed by atoms with Crippen LogP contribution in [0.4, 0.5) is 0 Å². The molecule has 4 atom stereocenters. The maximum Gasteiger partial charge on any atom is 0.338 e. The number of carbonyl (C=O) groups is 3. The summed E-state index contributed by atoms with van der Waals surface area (Å²) in [6, 6.07) is 8.56. The number of rotatable bonds is 4. The molecule has 7 heteroatoms. The van der Waals surface area contributed by atoms with E-state index in [9.17, 15) is 14.4 Å². The van der Waals surface area contributed by atoms with E-state index < -0.39 is 30.4 Å². The van der Waals surface area contributed by atoms with E-state index in [0.717, 1.165) is 0 Å². The highest BCUT2D eigenvalue weighted by atomic mass is 16.7. The SMILES string of the molecule is CC(=O)OC1O[C@H](COC(=O)c2ccccc2)[C@H]2CC(=O)O[C@@H]12. The van der Waals surface area contributed by atoms with Gasteiger partial charge in [0.1, 0.15) is 12.7 Å². The minimum absolute atomic E-state index is 0.0384. The third-order valence-corrected chi connectivity index (χ3v) is 3.82. The first-order chi connectivity index (χ1) is 11.0. The second kappa shape index (κ2) is 6.37. The molecule has 0 N–H and O–H groups in total. The largest absolute Gasteiger partial charge is 0.459 e. The average molecular weight is 320 g/mol. The van der Waals surface area contributed by atoms with Crippen LogP contribution < -0.4 is 0 Å². The lowest BCUT2D eigenvalue weighted by Gasteiger charge is -2.16. The van der Waals surface area contributed by atoms with E-state index in [4.69, 9.17) is 18.9 Å². The Morgan fingerprint density at radius 2 is 2.00 bits per heavy atom. The monoisotopic (exact) mass is 320 g/mol. The summed E-state index contributed by atoms with van der Waals surface area (Å²) < 4.78 is 21.0. The molecule has 0 saturated carbocycles. The summed E-state index contributed by atoms with van der Waals surface area (Å²) >= 11 is 0. The van der Waals surface area contributed by atoms with Gasteiger partial charge in [-0.05, 0) is 12.1 Å². The van der Waals surface area contributed by atoms with E-state index in [-0.39, 0.29) is 24.9 Å². The quantitative estimate of drug-likeness (QED) is 0.605. The van der Waals surface area contributed by atoms with Crippen molar-refractivity contribution in [3.63, 3.8) is 0 Å². The van der Waals surface area contributed by atoms with E-state index in [0.29, 0.717) is 5.56 Å². The van der Waals surface area contributed by atoms with Crippen LogP contribution in [0.5, 0.6) is 0 Å². The molecule has 0 spiro atoms. The van der Waals surface area contributed by atoms with E-state index >= 15 is 0 Å². The van der Waals surface area contributed by atoms with Crippen molar-refractivity contribution >= 4 is 17.9 Å². The Labute approximate surface area is 132 Å². The highest BCUT2D eigenvalue weighted by molar-refractivity contribution is 5.89. The molecule has 0 radical (unpaired) electrons. The summed E-state index contributed by atoms with van der Waals surface area (Å²) in [6.45, 7) is 1.21. The van der Waals surface area contributed by atoms with Gasteiger partial charge in [0.05, 0.1) is 12.0 Å². The number of ether oxygens (including phenoxy) is 4. The lowest BCUT2D eigenvalue weighted by Crippen LogP contribution is -2.29. The summed E-state index contributed by atoms with van der Waals surface area (Å²) in [5, 5.41) is 0. The van der Waals surface area contributed by atoms with Crippen molar-refractivity contribution in [1.82, 2.24) is 0 Å². The molecule has 3 rings (SSSR count). The van der Waals surface area contributed by atoms with Gasteiger partial charge >= 0.3 is 17.9 Å². The summed E-state index contributed by atoms with van der Waals surface area (Å²) in [5.41, 5.74) is 0.428. The fourth-order valence-electron chi connectivity index (χ4n) is 2.78. The second-order valence-electron chi connectivity index (χ2n) is 5.44. The summed E-state index contributed by atoms with van der Waals surface area (Å²) in [5.74, 6) is -1.68. The van der Waals surface area contributed by atoms with Crippen molar-refractivity contribution in [2.75, 3.05) is 6.61 Å². The first-order valence-corrected chi connectivity index (χ1v) is 7.29. The molecule has 122 valence electrons. The van der Waals surface area contributed by atoms with Gasteiger partial charge < -0.3 is 18.9 Å². The third-order valence-electron chi connectivity index (χ3n) is 3.82. The van der Waals surface area contributed by atoms with Crippen LogP contribution in [-0.4, -0.2) is 43.0 Å². The van der Waals surface area contributed by atoms with Crippen LogP contribution in [0.1, 0.15) is 23.7 Å². The van der Waals surface area contributed by atoms with Crippen molar-refractivity contribution in [2.24, 2.45) is 5.92 Å². The van der Waals surface area contributed by atoms with Gasteiger partial charge in [0.25, 0.3) is 0 Å². The zero-order chi connectivity index (χ0) is 16.4. The van der Waals surface area contributed by atoms with Gasteiger partial charge in [-0.25, -0.2) is 4.79 Å². The molecule has 2 aliphatic rings. The normalized spacial score (nSPS) is 28.8. The highest BCUT2D eigenvalue weighted by Crippen LogP contribution is 2.38. The van der Waals surface area contributed by atoms with E-state index in [1.807, 2.05) is 0 Å². The second-order valence-corrected chi connectivity index (χ2v) is 5.44. The number of hydrogen-bond acceptors (Lipinski definition) is 7. The smallest absolute Gasteiger partial charge is 0.338 e. The lowest BCUT2D eigenvalue weighted by molar-refractivity contribution is -0.194. The van der Waals surface area contributed by atoms with Gasteiger partial charge in [-0.15, -0.1) is 0 Å². The van der Waals surface area contributed by atoms with Gasteiger partial charge in [-0.2, -0.15) is 0 Å². The van der Waals surface area contributed by atoms with Crippen LogP contribution in [0.3, 0.4) is 0 Å². The first-order valence-electron chi connectivity index (χ1n) is 7.29. The Hall–Kier alpha value is -2.41. The van der Waals surface area contributed by atoms with Gasteiger partial charge in [0, 0.05) is 12.8 Å². The minimum Gasteiger partial charge on any atom is -0.459 e. The number of fused-ring (bicyclic) bond motifs is 1. The molecular formula is C16H16O7. The summed E-state index contributed by atoms with van der Waals surface area (Å²) in [4.78, 5) is 34.5. The number of carbonyl (C=O) groups excluding carboxylic acids is 3. The van der Waals surface area contributed by atoms with Crippen LogP contribution >= 0.6 is 0 Å². The molecule has 2 heterocycles. The zero-order valence-corrected chi connectivity index (χ0v) is 12.5. The molecule has 0 aliphatic carbocycles. The number of esters is 3. The van der Waals surface area contributed by atoms with Crippen LogP contribution in [0.2, 0.25) is 0 Å². The van der Waals surface area contributed by atoms with Crippen molar-refractivity contribution in [3.8, 4) is 0 Å². The molecule has 1 aromatic rings. The maximum absolute atomic E-state index is 12.0. The Balaban J connectivity index is 1.62. The Morgan fingerprint density at radius 1 is 1.26 bits per heavy atom. The summed E-state index contributed by atoms with van der Waals surface area (Å²) in [7, 11) is 0. The number of hydrogen-bond donors (Lipinski definition) is 0. The van der Waals surface area contributed by atoms with Crippen molar-refractivity contribution in [2.45, 2.75) is 31.8 Å². The van der Waals surface area contributed by atoms with Crippen LogP contribution in [-0.2, 0) is 28.5 Å². The lowest BCUT2D eigenvalue weighted by atomic mass is 9.98. The molecule has 1 unspecified atom stereocenters. The molecule has 7 nitrogen and oxygen atoms in total. The number of benzene rings is 1. The molecule has 0 amide bonds. The summed E-state index contributed by atoms with van der Waals surface area (Å²) in [6.07, 6.45) is -2.00. The minimum atomic E-state index is -0.954. The molecule has 2 fully saturated rings. The van der Waals surface area contributed by atoms with Crippen molar-refractivity contribution < 1.29 is 33.3 Å². The molecular weight excluding hydrogens is 304 g/mol. The van der Waals surface area contributed by atoms with Crippen LogP contribution in [0.15, 0.2) is 30.3 Å². The van der Waals surface area contributed by atoms with Crippen LogP contribution in [0, 0.1) is 5.92 Å². The molecule has 0 aromatic heterocycles. The van der Waals surface area contributed by atoms with E-state index in [1.165, 1.54) is 6.92 Å². The topological polar surface area (TPSA) is 88.1 Å². The standard InChI is InChI=1S/C16H16O7/c1-9(17)21-16-14-11(7-13(18)23-14)12(22-16)8-20-15(19)10-5-3-2-4-6-10/h2-6,11-12,14,16H,7-8H2,1H3/t11-,12-,14-,16?/m1/s1. The maximum atomic E-state index is 12.0. The fraction of sp³-hybridized carbons (Fsp3) is 0.438. The first kappa shape index (κ1) is 15.5. The third kappa shape index (κ3) is 3.34. The molecule has 0 bridgehead atoms. The molecule has 2 saturated heterocycles. The van der Waals surface area contributed by atoms with E-state index in [2.05, 4.69) is 0 Å². The predicted molar refractivity (Wildman–Crippen MR) is 75.1 cm³/mol. The van der Waals surface area contributed by atoms with Gasteiger partial charge in [0.2, 0.25) is 6.29 Å². The molecule has 23 heavy (non-hydrogen) atoms.